The molecule has 1 aromatic carbocycles. The number of nitrogens with zero attached hydrogens (tertiary/aromatic N) is 2. The molecular formula is C9H5BrFN3O3. The molecule has 2 aromatic rings. The summed E-state index contributed by atoms with van der Waals surface area (Å²) in [6, 6.07) is 3.13. The van der Waals surface area contributed by atoms with Crippen molar-refractivity contribution in [3.8, 4) is 11.3 Å². The number of nitro benzene ring substituents is 1. The van der Waals surface area contributed by atoms with E-state index in [4.69, 9.17) is 10.3 Å². The van der Waals surface area contributed by atoms with Gasteiger partial charge < -0.3 is 10.3 Å². The van der Waals surface area contributed by atoms with Crippen molar-refractivity contribution in [1.82, 2.24) is 5.16 Å². The Morgan fingerprint density at radius 3 is 2.76 bits per heavy atom. The van der Waals surface area contributed by atoms with Gasteiger partial charge in [0.25, 0.3) is 5.69 Å². The second kappa shape index (κ2) is 4.13. The number of nitrogens with two attached hydrogens (primary N) is 1. The first-order valence-corrected chi connectivity index (χ1v) is 5.15. The molecule has 0 aliphatic rings. The molecule has 2 N–H and O–H groups in total. The third-order valence-corrected chi connectivity index (χ3v) is 2.83. The number of hydrogen-bond donors (Lipinski definition) is 1. The molecule has 0 atom stereocenters. The summed E-state index contributed by atoms with van der Waals surface area (Å²) in [5, 5.41) is 14.3. The van der Waals surface area contributed by atoms with Crippen molar-refractivity contribution in [2.24, 2.45) is 0 Å². The quantitative estimate of drug-likeness (QED) is 0.679. The second-order valence-corrected chi connectivity index (χ2v) is 3.92. The van der Waals surface area contributed by atoms with Crippen LogP contribution in [-0.4, -0.2) is 10.1 Å². The number of rotatable bonds is 2. The summed E-state index contributed by atoms with van der Waals surface area (Å²) in [6.07, 6.45) is 0. The molecule has 17 heavy (non-hydrogen) atoms. The Morgan fingerprint density at radius 1 is 1.53 bits per heavy atom. The molecule has 0 bridgehead atoms. The van der Waals surface area contributed by atoms with Gasteiger partial charge >= 0.3 is 0 Å². The van der Waals surface area contributed by atoms with Crippen LogP contribution < -0.4 is 5.73 Å². The number of anilines is 1. The van der Waals surface area contributed by atoms with Gasteiger partial charge in [0.05, 0.1) is 16.6 Å². The fourth-order valence-corrected chi connectivity index (χ4v) is 1.66. The summed E-state index contributed by atoms with van der Waals surface area (Å²) in [7, 11) is 0. The van der Waals surface area contributed by atoms with E-state index in [0.717, 1.165) is 12.1 Å². The summed E-state index contributed by atoms with van der Waals surface area (Å²) in [6.45, 7) is 0. The maximum atomic E-state index is 12.9. The maximum Gasteiger partial charge on any atom is 0.283 e. The molecule has 0 unspecified atom stereocenters. The Kier molecular flexibility index (Phi) is 2.80. The van der Waals surface area contributed by atoms with Gasteiger partial charge in [-0.2, -0.15) is 0 Å². The van der Waals surface area contributed by atoms with Crippen LogP contribution in [0.2, 0.25) is 0 Å². The lowest BCUT2D eigenvalue weighted by Crippen LogP contribution is -1.93. The zero-order chi connectivity index (χ0) is 12.6. The molecule has 0 amide bonds. The Bertz CT molecular complexity index is 599. The lowest BCUT2D eigenvalue weighted by Gasteiger charge is -1.99. The summed E-state index contributed by atoms with van der Waals surface area (Å²) in [5.74, 6) is -0.545. The first-order valence-electron chi connectivity index (χ1n) is 4.35. The van der Waals surface area contributed by atoms with Crippen LogP contribution in [0.25, 0.3) is 11.3 Å². The highest BCUT2D eigenvalue weighted by Crippen LogP contribution is 2.37. The average Bonchev–Trinajstić information content (AvgIpc) is 2.60. The SMILES string of the molecule is Nc1noc(-c2ccc(F)cc2[N+](=O)[O-])c1Br. The van der Waals surface area contributed by atoms with E-state index in [1.54, 1.807) is 0 Å². The van der Waals surface area contributed by atoms with Crippen LogP contribution in [0.5, 0.6) is 0 Å². The molecule has 0 fully saturated rings. The van der Waals surface area contributed by atoms with Gasteiger partial charge in [0.2, 0.25) is 0 Å². The van der Waals surface area contributed by atoms with Gasteiger partial charge in [-0.25, -0.2) is 4.39 Å². The number of hydrogen-bond acceptors (Lipinski definition) is 5. The third-order valence-electron chi connectivity index (χ3n) is 2.06. The molecule has 8 heteroatoms. The summed E-state index contributed by atoms with van der Waals surface area (Å²) >= 11 is 3.09. The van der Waals surface area contributed by atoms with Crippen molar-refractivity contribution >= 4 is 27.4 Å². The zero-order valence-electron chi connectivity index (χ0n) is 8.18. The van der Waals surface area contributed by atoms with E-state index in [2.05, 4.69) is 21.1 Å². The Morgan fingerprint density at radius 2 is 2.24 bits per heavy atom. The number of halogens is 2. The molecule has 1 heterocycles. The predicted octanol–water partition coefficient (Wildman–Crippen LogP) is 2.73. The zero-order valence-corrected chi connectivity index (χ0v) is 9.77. The highest BCUT2D eigenvalue weighted by atomic mass is 79.9. The van der Waals surface area contributed by atoms with Crippen LogP contribution in [0.4, 0.5) is 15.9 Å². The second-order valence-electron chi connectivity index (χ2n) is 3.13. The van der Waals surface area contributed by atoms with Gasteiger partial charge in [-0.3, -0.25) is 10.1 Å². The van der Waals surface area contributed by atoms with Crippen molar-refractivity contribution in [2.75, 3.05) is 5.73 Å². The predicted molar refractivity (Wildman–Crippen MR) is 60.7 cm³/mol. The smallest absolute Gasteiger partial charge is 0.283 e. The van der Waals surface area contributed by atoms with E-state index in [1.807, 2.05) is 0 Å². The summed E-state index contributed by atoms with van der Waals surface area (Å²) in [4.78, 5) is 10.1. The van der Waals surface area contributed by atoms with Crippen molar-refractivity contribution in [2.45, 2.75) is 0 Å². The van der Waals surface area contributed by atoms with Gasteiger partial charge in [-0.1, -0.05) is 5.16 Å². The largest absolute Gasteiger partial charge is 0.380 e. The first-order chi connectivity index (χ1) is 8.00. The molecule has 0 radical (unpaired) electrons. The molecule has 0 saturated heterocycles. The highest BCUT2D eigenvalue weighted by Gasteiger charge is 2.23. The molecule has 0 saturated carbocycles. The lowest BCUT2D eigenvalue weighted by molar-refractivity contribution is -0.384. The topological polar surface area (TPSA) is 95.2 Å². The van der Waals surface area contributed by atoms with Crippen molar-refractivity contribution < 1.29 is 13.8 Å². The van der Waals surface area contributed by atoms with Crippen molar-refractivity contribution in [3.63, 3.8) is 0 Å². The number of nitro groups is 1. The standard InChI is InChI=1S/C9H5BrFN3O3/c10-7-8(17-13-9(7)12)5-2-1-4(11)3-6(5)14(15)16/h1-3H,(H2,12,13). The van der Waals surface area contributed by atoms with E-state index < -0.39 is 16.4 Å². The number of nitrogen functional groups attached to an aromatic ring is 1. The van der Waals surface area contributed by atoms with E-state index in [9.17, 15) is 14.5 Å². The minimum atomic E-state index is -0.705. The van der Waals surface area contributed by atoms with E-state index in [0.29, 0.717) is 4.47 Å². The molecular weight excluding hydrogens is 297 g/mol. The third kappa shape index (κ3) is 1.98. The van der Waals surface area contributed by atoms with E-state index in [-0.39, 0.29) is 17.1 Å². The Labute approximate surface area is 102 Å². The fraction of sp³-hybridized carbons (Fsp3) is 0. The Balaban J connectivity index is 2.67. The van der Waals surface area contributed by atoms with Crippen molar-refractivity contribution in [3.05, 3.63) is 38.6 Å². The number of aromatic nitrogens is 1. The fourth-order valence-electron chi connectivity index (χ4n) is 1.31. The van der Waals surface area contributed by atoms with E-state index >= 15 is 0 Å². The molecule has 0 aliphatic heterocycles. The maximum absolute atomic E-state index is 12.9. The van der Waals surface area contributed by atoms with Gasteiger partial charge in [-0.05, 0) is 28.1 Å². The molecule has 2 rings (SSSR count). The van der Waals surface area contributed by atoms with Gasteiger partial charge in [-0.15, -0.1) is 0 Å². The normalized spacial score (nSPS) is 10.5. The van der Waals surface area contributed by atoms with Crippen LogP contribution in [0.1, 0.15) is 0 Å². The number of benzene rings is 1. The average molecular weight is 302 g/mol. The molecule has 0 spiro atoms. The molecule has 0 aliphatic carbocycles. The van der Waals surface area contributed by atoms with E-state index in [1.165, 1.54) is 6.07 Å². The first kappa shape index (κ1) is 11.5. The molecule has 6 nitrogen and oxygen atoms in total. The summed E-state index contributed by atoms with van der Waals surface area (Å²) < 4.78 is 18.1. The van der Waals surface area contributed by atoms with Gasteiger partial charge in [0, 0.05) is 0 Å². The van der Waals surface area contributed by atoms with Crippen LogP contribution in [-0.2, 0) is 0 Å². The molecule has 88 valence electrons. The molecule has 1 aromatic heterocycles. The minimum absolute atomic E-state index is 0.0682. The summed E-state index contributed by atoms with van der Waals surface area (Å²) in [5.41, 5.74) is 5.13. The lowest BCUT2D eigenvalue weighted by atomic mass is 10.1. The minimum Gasteiger partial charge on any atom is -0.380 e. The monoisotopic (exact) mass is 301 g/mol. The van der Waals surface area contributed by atoms with Crippen LogP contribution in [0, 0.1) is 15.9 Å². The van der Waals surface area contributed by atoms with Crippen LogP contribution in [0.3, 0.4) is 0 Å². The van der Waals surface area contributed by atoms with Crippen LogP contribution in [0.15, 0.2) is 27.2 Å². The van der Waals surface area contributed by atoms with Gasteiger partial charge in [0.15, 0.2) is 11.6 Å². The van der Waals surface area contributed by atoms with Gasteiger partial charge in [0.1, 0.15) is 10.3 Å². The van der Waals surface area contributed by atoms with Crippen molar-refractivity contribution in [1.29, 1.82) is 0 Å². The highest BCUT2D eigenvalue weighted by molar-refractivity contribution is 9.10. The Hall–Kier alpha value is -1.96. The van der Waals surface area contributed by atoms with Crippen LogP contribution >= 0.6 is 15.9 Å².